The fraction of sp³-hybridized carbons (Fsp3) is 0.300. The number of aromatic hydroxyl groups is 1. The summed E-state index contributed by atoms with van der Waals surface area (Å²) in [6.45, 7) is 2.89. The molecule has 0 spiro atoms. The topological polar surface area (TPSA) is 36.6 Å². The summed E-state index contributed by atoms with van der Waals surface area (Å²) in [5.41, 5.74) is 2.16. The van der Waals surface area contributed by atoms with E-state index in [4.69, 9.17) is 4.42 Å². The van der Waals surface area contributed by atoms with Crippen LogP contribution in [0.4, 0.5) is 0 Å². The fourth-order valence-corrected chi connectivity index (χ4v) is 4.15. The maximum Gasteiger partial charge on any atom is 0.135 e. The number of piperidine rings is 1. The molecule has 3 nitrogen and oxygen atoms in total. The third-order valence-electron chi connectivity index (χ3n) is 4.82. The Morgan fingerprint density at radius 3 is 2.80 bits per heavy atom. The molecule has 1 atom stereocenters. The van der Waals surface area contributed by atoms with Gasteiger partial charge in [-0.25, -0.2) is 0 Å². The van der Waals surface area contributed by atoms with Gasteiger partial charge in [0.1, 0.15) is 17.1 Å². The second-order valence-corrected chi connectivity index (χ2v) is 7.30. The molecular formula is C20H21Br2NO2. The number of rotatable bonds is 3. The van der Waals surface area contributed by atoms with E-state index in [0.717, 1.165) is 47.3 Å². The van der Waals surface area contributed by atoms with E-state index < -0.39 is 0 Å². The van der Waals surface area contributed by atoms with Gasteiger partial charge >= 0.3 is 0 Å². The zero-order chi connectivity index (χ0) is 16.5. The first-order valence-corrected chi connectivity index (χ1v) is 9.17. The average Bonchev–Trinajstić information content (AvgIpc) is 2.91. The van der Waals surface area contributed by atoms with Gasteiger partial charge in [-0.3, -0.25) is 4.90 Å². The van der Waals surface area contributed by atoms with Crippen LogP contribution in [-0.4, -0.2) is 23.1 Å². The lowest BCUT2D eigenvalue weighted by Crippen LogP contribution is -2.33. The van der Waals surface area contributed by atoms with Crippen LogP contribution in [0, 0.1) is 0 Å². The quantitative estimate of drug-likeness (QED) is 0.525. The molecule has 3 aromatic rings. The molecule has 1 N–H and O–H groups in total. The molecule has 1 aromatic heterocycles. The maximum absolute atomic E-state index is 9.73. The van der Waals surface area contributed by atoms with Crippen molar-refractivity contribution in [2.45, 2.75) is 25.3 Å². The van der Waals surface area contributed by atoms with E-state index in [0.29, 0.717) is 11.7 Å². The number of likely N-dealkylation sites (tertiary alicyclic amines) is 1. The predicted octanol–water partition coefficient (Wildman–Crippen LogP) is 5.86. The largest absolute Gasteiger partial charge is 0.508 e. The van der Waals surface area contributed by atoms with Gasteiger partial charge in [0.25, 0.3) is 0 Å². The number of phenols is 1. The van der Waals surface area contributed by atoms with Crippen molar-refractivity contribution in [2.24, 2.45) is 0 Å². The average molecular weight is 467 g/mol. The van der Waals surface area contributed by atoms with Gasteiger partial charge in [-0.15, -0.1) is 17.0 Å². The number of hydrogen-bond acceptors (Lipinski definition) is 3. The Morgan fingerprint density at radius 2 is 2.00 bits per heavy atom. The molecule has 0 amide bonds. The van der Waals surface area contributed by atoms with Crippen molar-refractivity contribution < 1.29 is 9.52 Å². The summed E-state index contributed by atoms with van der Waals surface area (Å²) in [4.78, 5) is 2.45. The highest BCUT2D eigenvalue weighted by Crippen LogP contribution is 2.34. The van der Waals surface area contributed by atoms with Crippen molar-refractivity contribution >= 4 is 43.9 Å². The lowest BCUT2D eigenvalue weighted by Gasteiger charge is -2.32. The Hall–Kier alpha value is -1.30. The fourth-order valence-electron chi connectivity index (χ4n) is 3.62. The molecule has 4 rings (SSSR count). The summed E-state index contributed by atoms with van der Waals surface area (Å²) in [6.07, 6.45) is 2.33. The van der Waals surface area contributed by atoms with Crippen molar-refractivity contribution in [3.8, 4) is 5.75 Å². The standard InChI is InChI=1S/C20H20BrNO2.BrH/c21-20-17-8-1-2-9-18(17)24-19(20)13-22-10-4-6-15(12-22)14-5-3-7-16(23)11-14;/h1-3,5,7-9,11,15,23H,4,6,10,12-13H2;1H. The monoisotopic (exact) mass is 465 g/mol. The molecule has 1 saturated heterocycles. The van der Waals surface area contributed by atoms with E-state index in [1.54, 1.807) is 6.07 Å². The molecule has 132 valence electrons. The van der Waals surface area contributed by atoms with Gasteiger partial charge in [-0.1, -0.05) is 24.3 Å². The molecule has 0 radical (unpaired) electrons. The predicted molar refractivity (Wildman–Crippen MR) is 110 cm³/mol. The summed E-state index contributed by atoms with van der Waals surface area (Å²) < 4.78 is 7.10. The Balaban J connectivity index is 0.00000182. The summed E-state index contributed by atoms with van der Waals surface area (Å²) in [5.74, 6) is 1.81. The number of para-hydroxylation sites is 1. The van der Waals surface area contributed by atoms with Crippen LogP contribution in [0.2, 0.25) is 0 Å². The second-order valence-electron chi connectivity index (χ2n) is 6.50. The summed E-state index contributed by atoms with van der Waals surface area (Å²) in [6, 6.07) is 15.8. The van der Waals surface area contributed by atoms with Crippen molar-refractivity contribution in [3.63, 3.8) is 0 Å². The van der Waals surface area contributed by atoms with Crippen LogP contribution in [0.3, 0.4) is 0 Å². The highest BCUT2D eigenvalue weighted by Gasteiger charge is 2.23. The molecule has 1 aliphatic heterocycles. The summed E-state index contributed by atoms with van der Waals surface area (Å²) >= 11 is 3.69. The number of furan rings is 1. The van der Waals surface area contributed by atoms with Crippen molar-refractivity contribution in [1.82, 2.24) is 4.90 Å². The molecular weight excluding hydrogens is 446 g/mol. The SMILES string of the molecule is Br.Oc1cccc(C2CCCN(Cc3oc4ccccc4c3Br)C2)c1. The minimum atomic E-state index is 0. The Kier molecular flexibility index (Phi) is 5.87. The highest BCUT2D eigenvalue weighted by molar-refractivity contribution is 9.10. The van der Waals surface area contributed by atoms with E-state index in [1.807, 2.05) is 30.3 Å². The van der Waals surface area contributed by atoms with Gasteiger partial charge in [0.15, 0.2) is 0 Å². The first-order chi connectivity index (χ1) is 11.7. The van der Waals surface area contributed by atoms with Crippen molar-refractivity contribution in [1.29, 1.82) is 0 Å². The summed E-state index contributed by atoms with van der Waals surface area (Å²) in [7, 11) is 0. The third-order valence-corrected chi connectivity index (χ3v) is 5.69. The van der Waals surface area contributed by atoms with Crippen molar-refractivity contribution in [3.05, 3.63) is 64.3 Å². The van der Waals surface area contributed by atoms with E-state index in [-0.39, 0.29) is 17.0 Å². The lowest BCUT2D eigenvalue weighted by molar-refractivity contribution is 0.187. The number of halogens is 2. The minimum absolute atomic E-state index is 0. The summed E-state index contributed by atoms with van der Waals surface area (Å²) in [5, 5.41) is 10.9. The van der Waals surface area contributed by atoms with E-state index in [9.17, 15) is 5.11 Å². The molecule has 25 heavy (non-hydrogen) atoms. The number of phenolic OH excluding ortho intramolecular Hbond substituents is 1. The Bertz CT molecular complexity index is 862. The molecule has 1 aliphatic rings. The number of benzene rings is 2. The van der Waals surface area contributed by atoms with Gasteiger partial charge in [0.2, 0.25) is 0 Å². The number of hydrogen-bond donors (Lipinski definition) is 1. The molecule has 0 aliphatic carbocycles. The van der Waals surface area contributed by atoms with Gasteiger partial charge in [0.05, 0.1) is 11.0 Å². The molecule has 0 saturated carbocycles. The number of fused-ring (bicyclic) bond motifs is 1. The first-order valence-electron chi connectivity index (χ1n) is 8.38. The van der Waals surface area contributed by atoms with Crippen LogP contribution < -0.4 is 0 Å². The molecule has 2 heterocycles. The van der Waals surface area contributed by atoms with E-state index >= 15 is 0 Å². The van der Waals surface area contributed by atoms with Crippen molar-refractivity contribution in [2.75, 3.05) is 13.1 Å². The van der Waals surface area contributed by atoms with E-state index in [2.05, 4.69) is 33.0 Å². The van der Waals surface area contributed by atoms with Crippen LogP contribution in [0.1, 0.15) is 30.1 Å². The van der Waals surface area contributed by atoms with Gasteiger partial charge in [-0.2, -0.15) is 0 Å². The Morgan fingerprint density at radius 1 is 1.16 bits per heavy atom. The van der Waals surface area contributed by atoms with Gasteiger partial charge in [-0.05, 0) is 71.1 Å². The first kappa shape index (κ1) is 18.5. The highest BCUT2D eigenvalue weighted by atomic mass is 79.9. The second kappa shape index (κ2) is 7.94. The van der Waals surface area contributed by atoms with Gasteiger partial charge in [0, 0.05) is 11.9 Å². The zero-order valence-electron chi connectivity index (χ0n) is 13.8. The maximum atomic E-state index is 9.73. The third kappa shape index (κ3) is 3.94. The molecule has 5 heteroatoms. The number of nitrogens with zero attached hydrogens (tertiary/aromatic N) is 1. The molecule has 1 fully saturated rings. The lowest BCUT2D eigenvalue weighted by atomic mass is 9.90. The smallest absolute Gasteiger partial charge is 0.135 e. The molecule has 2 aromatic carbocycles. The molecule has 0 bridgehead atoms. The van der Waals surface area contributed by atoms with Crippen LogP contribution in [-0.2, 0) is 6.54 Å². The molecule has 1 unspecified atom stereocenters. The van der Waals surface area contributed by atoms with Crippen LogP contribution in [0.15, 0.2) is 57.4 Å². The minimum Gasteiger partial charge on any atom is -0.508 e. The van der Waals surface area contributed by atoms with E-state index in [1.165, 1.54) is 12.0 Å². The van der Waals surface area contributed by atoms with Crippen LogP contribution >= 0.6 is 32.9 Å². The Labute approximate surface area is 166 Å². The van der Waals surface area contributed by atoms with Crippen LogP contribution in [0.25, 0.3) is 11.0 Å². The normalized spacial score (nSPS) is 18.2. The van der Waals surface area contributed by atoms with Crippen LogP contribution in [0.5, 0.6) is 5.75 Å². The van der Waals surface area contributed by atoms with Gasteiger partial charge < -0.3 is 9.52 Å². The zero-order valence-corrected chi connectivity index (χ0v) is 17.1.